The van der Waals surface area contributed by atoms with Crippen LogP contribution in [0.2, 0.25) is 0 Å². The summed E-state index contributed by atoms with van der Waals surface area (Å²) >= 11 is 3.14. The molecule has 1 aromatic carbocycles. The van der Waals surface area contributed by atoms with E-state index in [-0.39, 0.29) is 21.8 Å². The molecule has 1 saturated heterocycles. The Labute approximate surface area is 147 Å². The number of hydrogen-bond acceptors (Lipinski definition) is 6. The minimum atomic E-state index is -0.648. The number of piperidine rings is 1. The first-order valence-corrected chi connectivity index (χ1v) is 8.27. The Morgan fingerprint density at radius 2 is 1.54 bits per heavy atom. The van der Waals surface area contributed by atoms with Gasteiger partial charge in [-0.25, -0.2) is 0 Å². The number of benzene rings is 1. The first-order chi connectivity index (χ1) is 10.9. The van der Waals surface area contributed by atoms with Crippen molar-refractivity contribution >= 4 is 27.3 Å². The van der Waals surface area contributed by atoms with Crippen LogP contribution in [0.5, 0.6) is 0 Å². The predicted molar refractivity (Wildman–Crippen MR) is 91.2 cm³/mol. The Bertz CT molecular complexity index is 687. The van der Waals surface area contributed by atoms with Gasteiger partial charge in [-0.15, -0.1) is 0 Å². The van der Waals surface area contributed by atoms with Crippen molar-refractivity contribution in [1.82, 2.24) is 5.06 Å². The second kappa shape index (κ2) is 6.05. The third kappa shape index (κ3) is 3.28. The highest BCUT2D eigenvalue weighted by Gasteiger charge is 2.47. The predicted octanol–water partition coefficient (Wildman–Crippen LogP) is 4.39. The van der Waals surface area contributed by atoms with Gasteiger partial charge < -0.3 is 5.21 Å². The molecule has 1 aliphatic rings. The molecule has 8 nitrogen and oxygen atoms in total. The van der Waals surface area contributed by atoms with E-state index in [4.69, 9.17) is 0 Å². The van der Waals surface area contributed by atoms with Crippen LogP contribution in [0.1, 0.15) is 52.0 Å². The third-order valence-electron chi connectivity index (χ3n) is 4.57. The Hall–Kier alpha value is -1.58. The second-order valence-electron chi connectivity index (χ2n) is 7.42. The van der Waals surface area contributed by atoms with Gasteiger partial charge in [0.15, 0.2) is 0 Å². The van der Waals surface area contributed by atoms with Crippen molar-refractivity contribution in [3.8, 4) is 0 Å². The molecule has 132 valence electrons. The summed E-state index contributed by atoms with van der Waals surface area (Å²) in [4.78, 5) is 21.3. The van der Waals surface area contributed by atoms with Crippen LogP contribution in [0.3, 0.4) is 0 Å². The Morgan fingerprint density at radius 3 is 1.96 bits per heavy atom. The lowest BCUT2D eigenvalue weighted by atomic mass is 9.72. The van der Waals surface area contributed by atoms with Crippen LogP contribution in [-0.2, 0) is 0 Å². The highest BCUT2D eigenvalue weighted by atomic mass is 79.9. The zero-order valence-electron chi connectivity index (χ0n) is 13.9. The summed E-state index contributed by atoms with van der Waals surface area (Å²) < 4.78 is 0.218. The SMILES string of the molecule is CC1(C)CC(c2cc(Br)c([N+](=O)[O-])cc2[N+](=O)[O-])CC(C)(C)N1O. The molecule has 0 aliphatic carbocycles. The quantitative estimate of drug-likeness (QED) is 0.593. The van der Waals surface area contributed by atoms with Gasteiger partial charge in [-0.2, -0.15) is 5.06 Å². The van der Waals surface area contributed by atoms with Crippen molar-refractivity contribution in [3.05, 3.63) is 42.4 Å². The van der Waals surface area contributed by atoms with E-state index in [1.165, 1.54) is 11.1 Å². The zero-order chi connectivity index (χ0) is 18.4. The van der Waals surface area contributed by atoms with Gasteiger partial charge in [-0.05, 0) is 68.5 Å². The Kier molecular flexibility index (Phi) is 4.73. The minimum absolute atomic E-state index is 0.198. The van der Waals surface area contributed by atoms with E-state index in [0.29, 0.717) is 18.4 Å². The lowest BCUT2D eigenvalue weighted by Gasteiger charge is -2.51. The molecular weight excluding hydrogens is 382 g/mol. The lowest BCUT2D eigenvalue weighted by Crippen LogP contribution is -2.58. The lowest BCUT2D eigenvalue weighted by molar-refractivity contribution is -0.395. The molecule has 0 unspecified atom stereocenters. The molecule has 1 fully saturated rings. The van der Waals surface area contributed by atoms with E-state index in [1.54, 1.807) is 0 Å². The van der Waals surface area contributed by atoms with Crippen LogP contribution < -0.4 is 0 Å². The molecule has 2 rings (SSSR count). The van der Waals surface area contributed by atoms with E-state index >= 15 is 0 Å². The number of nitrogens with zero attached hydrogens (tertiary/aromatic N) is 3. The van der Waals surface area contributed by atoms with E-state index in [1.807, 2.05) is 27.7 Å². The van der Waals surface area contributed by atoms with E-state index < -0.39 is 20.9 Å². The summed E-state index contributed by atoms with van der Waals surface area (Å²) in [5, 5.41) is 34.2. The number of halogens is 1. The Balaban J connectivity index is 2.57. The van der Waals surface area contributed by atoms with Crippen molar-refractivity contribution in [2.45, 2.75) is 57.5 Å². The number of hydrogen-bond donors (Lipinski definition) is 1. The van der Waals surface area contributed by atoms with Crippen LogP contribution in [0, 0.1) is 20.2 Å². The largest absolute Gasteiger partial charge is 0.313 e. The molecule has 0 amide bonds. The number of rotatable bonds is 3. The van der Waals surface area contributed by atoms with Gasteiger partial charge in [0.25, 0.3) is 11.4 Å². The summed E-state index contributed by atoms with van der Waals surface area (Å²) in [6, 6.07) is 2.48. The van der Waals surface area contributed by atoms with Gasteiger partial charge in [0.05, 0.1) is 20.4 Å². The molecule has 1 aromatic rings. The van der Waals surface area contributed by atoms with Gasteiger partial charge in [-0.1, -0.05) is 0 Å². The van der Waals surface area contributed by atoms with Crippen molar-refractivity contribution in [3.63, 3.8) is 0 Å². The molecule has 1 N–H and O–H groups in total. The van der Waals surface area contributed by atoms with Gasteiger partial charge in [0, 0.05) is 16.6 Å². The molecule has 9 heteroatoms. The molecule has 0 bridgehead atoms. The first-order valence-electron chi connectivity index (χ1n) is 7.48. The van der Waals surface area contributed by atoms with Gasteiger partial charge in [0.2, 0.25) is 0 Å². The fourth-order valence-electron chi connectivity index (χ4n) is 3.68. The molecule has 0 spiro atoms. The first kappa shape index (κ1) is 18.8. The summed E-state index contributed by atoms with van der Waals surface area (Å²) in [5.41, 5.74) is -1.29. The molecule has 1 aliphatic heterocycles. The molecule has 1 heterocycles. The van der Waals surface area contributed by atoms with Crippen LogP contribution in [0.15, 0.2) is 16.6 Å². The summed E-state index contributed by atoms with van der Waals surface area (Å²) in [6.07, 6.45) is 0.996. The van der Waals surface area contributed by atoms with E-state index in [0.717, 1.165) is 6.07 Å². The maximum Gasteiger partial charge on any atom is 0.290 e. The van der Waals surface area contributed by atoms with Crippen molar-refractivity contribution in [1.29, 1.82) is 0 Å². The number of hydroxylamine groups is 2. The Morgan fingerprint density at radius 1 is 1.08 bits per heavy atom. The van der Waals surface area contributed by atoms with Gasteiger partial charge >= 0.3 is 0 Å². The smallest absolute Gasteiger partial charge is 0.290 e. The van der Waals surface area contributed by atoms with Gasteiger partial charge in [-0.3, -0.25) is 20.2 Å². The number of nitro benzene ring substituents is 2. The minimum Gasteiger partial charge on any atom is -0.313 e. The third-order valence-corrected chi connectivity index (χ3v) is 5.20. The van der Waals surface area contributed by atoms with E-state index in [9.17, 15) is 25.4 Å². The fraction of sp³-hybridized carbons (Fsp3) is 0.600. The molecule has 0 radical (unpaired) electrons. The highest BCUT2D eigenvalue weighted by molar-refractivity contribution is 9.10. The normalized spacial score (nSPS) is 20.8. The molecule has 0 atom stereocenters. The van der Waals surface area contributed by atoms with Crippen LogP contribution in [0.25, 0.3) is 0 Å². The summed E-state index contributed by atoms with van der Waals surface area (Å²) in [5.74, 6) is -0.198. The monoisotopic (exact) mass is 401 g/mol. The zero-order valence-corrected chi connectivity index (χ0v) is 15.5. The topological polar surface area (TPSA) is 110 Å². The molecule has 0 saturated carbocycles. The molecule has 24 heavy (non-hydrogen) atoms. The van der Waals surface area contributed by atoms with Crippen molar-refractivity contribution in [2.24, 2.45) is 0 Å². The van der Waals surface area contributed by atoms with Gasteiger partial charge in [0.1, 0.15) is 0 Å². The maximum absolute atomic E-state index is 11.4. The maximum atomic E-state index is 11.4. The van der Waals surface area contributed by atoms with Crippen LogP contribution in [-0.4, -0.2) is 31.2 Å². The average molecular weight is 402 g/mol. The average Bonchev–Trinajstić information content (AvgIpc) is 2.42. The van der Waals surface area contributed by atoms with Crippen LogP contribution >= 0.6 is 15.9 Å². The van der Waals surface area contributed by atoms with Crippen molar-refractivity contribution < 1.29 is 15.1 Å². The standard InChI is InChI=1S/C15H20BrN3O5/c1-14(2)7-9(8-15(3,4)19(14)24)10-5-11(16)13(18(22)23)6-12(10)17(20)21/h5-6,9,24H,7-8H2,1-4H3. The highest BCUT2D eigenvalue weighted by Crippen LogP contribution is 2.48. The van der Waals surface area contributed by atoms with Crippen molar-refractivity contribution in [2.75, 3.05) is 0 Å². The number of nitro groups is 2. The summed E-state index contributed by atoms with van der Waals surface area (Å²) in [7, 11) is 0. The van der Waals surface area contributed by atoms with E-state index in [2.05, 4.69) is 15.9 Å². The fourth-order valence-corrected chi connectivity index (χ4v) is 4.19. The second-order valence-corrected chi connectivity index (χ2v) is 8.27. The van der Waals surface area contributed by atoms with Crippen LogP contribution in [0.4, 0.5) is 11.4 Å². The molecule has 0 aromatic heterocycles. The molecular formula is C15H20BrN3O5. The summed E-state index contributed by atoms with van der Waals surface area (Å²) in [6.45, 7) is 7.47.